The highest BCUT2D eigenvalue weighted by Gasteiger charge is 2.33. The molecule has 7 nitrogen and oxygen atoms in total. The number of allylic oxidation sites excluding steroid dienone is 2. The van der Waals surface area contributed by atoms with Crippen molar-refractivity contribution < 1.29 is 19.1 Å². The van der Waals surface area contributed by atoms with Gasteiger partial charge in [0, 0.05) is 21.3 Å². The Hall–Kier alpha value is -3.69. The Balaban J connectivity index is 1.65. The molecule has 1 aliphatic rings. The number of hydrogen-bond donors (Lipinski definition) is 1. The number of ether oxygens (including phenoxy) is 1. The summed E-state index contributed by atoms with van der Waals surface area (Å²) < 4.78 is 14.6. The maximum absolute atomic E-state index is 13.7. The molecule has 37 heavy (non-hydrogen) atoms. The van der Waals surface area contributed by atoms with Gasteiger partial charge in [-0.15, -0.1) is 0 Å². The summed E-state index contributed by atoms with van der Waals surface area (Å²) in [4.78, 5) is 31.5. The van der Waals surface area contributed by atoms with E-state index in [1.165, 1.54) is 28.9 Å². The number of thiazole rings is 1. The van der Waals surface area contributed by atoms with Gasteiger partial charge >= 0.3 is 0 Å². The van der Waals surface area contributed by atoms with Gasteiger partial charge in [-0.05, 0) is 68.8 Å². The van der Waals surface area contributed by atoms with Crippen LogP contribution < -0.4 is 19.6 Å². The van der Waals surface area contributed by atoms with Crippen molar-refractivity contribution in [2.75, 3.05) is 6.61 Å². The van der Waals surface area contributed by atoms with Gasteiger partial charge in [-0.3, -0.25) is 14.2 Å². The fourth-order valence-electron chi connectivity index (χ4n) is 4.35. The molecule has 0 amide bonds. The van der Waals surface area contributed by atoms with E-state index in [0.717, 1.165) is 10.0 Å². The molecule has 2 aromatic heterocycles. The first kappa shape index (κ1) is 25.0. The SMILES string of the molecule is CCOc1cc(/C=c2/sc3n(c2=O)[C@H](c2ccc(-c4ccc(Br)cc4)o2)C(C(C)=O)=C(C)N=3)ccc1O. The first-order chi connectivity index (χ1) is 17.8. The van der Waals surface area contributed by atoms with Crippen LogP contribution in [0.4, 0.5) is 0 Å². The van der Waals surface area contributed by atoms with Crippen LogP contribution in [0, 0.1) is 0 Å². The number of phenols is 1. The van der Waals surface area contributed by atoms with Gasteiger partial charge in [0.15, 0.2) is 22.1 Å². The van der Waals surface area contributed by atoms with E-state index in [1.54, 1.807) is 31.2 Å². The first-order valence-corrected chi connectivity index (χ1v) is 13.2. The number of furan rings is 1. The second-order valence-electron chi connectivity index (χ2n) is 8.51. The van der Waals surface area contributed by atoms with Crippen LogP contribution in [-0.4, -0.2) is 22.1 Å². The van der Waals surface area contributed by atoms with Crippen molar-refractivity contribution >= 4 is 39.1 Å². The van der Waals surface area contributed by atoms with Crippen molar-refractivity contribution in [3.05, 3.63) is 101 Å². The van der Waals surface area contributed by atoms with E-state index in [1.807, 2.05) is 37.3 Å². The van der Waals surface area contributed by atoms with Crippen LogP contribution in [0.5, 0.6) is 11.5 Å². The van der Waals surface area contributed by atoms with Crippen molar-refractivity contribution in [3.63, 3.8) is 0 Å². The Morgan fingerprint density at radius 3 is 2.68 bits per heavy atom. The Kier molecular flexibility index (Phi) is 6.74. The van der Waals surface area contributed by atoms with Gasteiger partial charge in [0.1, 0.15) is 17.6 Å². The van der Waals surface area contributed by atoms with Crippen LogP contribution >= 0.6 is 27.3 Å². The molecule has 9 heteroatoms. The molecule has 2 aromatic carbocycles. The molecule has 0 unspecified atom stereocenters. The zero-order valence-electron chi connectivity index (χ0n) is 20.3. The summed E-state index contributed by atoms with van der Waals surface area (Å²) in [5.41, 5.74) is 2.26. The summed E-state index contributed by atoms with van der Waals surface area (Å²) in [5.74, 6) is 1.30. The quantitative estimate of drug-likeness (QED) is 0.349. The molecular formula is C28H23BrN2O5S. The zero-order chi connectivity index (χ0) is 26.3. The number of benzene rings is 2. The lowest BCUT2D eigenvalue weighted by Gasteiger charge is -2.22. The van der Waals surface area contributed by atoms with Gasteiger partial charge in [0.05, 0.1) is 11.1 Å². The van der Waals surface area contributed by atoms with Crippen LogP contribution in [0.25, 0.3) is 17.4 Å². The number of halogens is 1. The topological polar surface area (TPSA) is 94.0 Å². The largest absolute Gasteiger partial charge is 0.504 e. The van der Waals surface area contributed by atoms with Crippen LogP contribution in [-0.2, 0) is 4.79 Å². The summed E-state index contributed by atoms with van der Waals surface area (Å²) in [6.45, 7) is 5.47. The Labute approximate surface area is 224 Å². The van der Waals surface area contributed by atoms with E-state index in [9.17, 15) is 14.7 Å². The molecule has 1 N–H and O–H groups in total. The number of carbonyl (C=O) groups is 1. The summed E-state index contributed by atoms with van der Waals surface area (Å²) in [5, 5.41) is 10.0. The number of Topliss-reactive ketones (excluding diaryl/α,β-unsaturated/α-hetero) is 1. The molecule has 0 radical (unpaired) electrons. The summed E-state index contributed by atoms with van der Waals surface area (Å²) in [7, 11) is 0. The number of ketones is 1. The summed E-state index contributed by atoms with van der Waals surface area (Å²) in [6, 6.07) is 15.5. The Morgan fingerprint density at radius 1 is 1.22 bits per heavy atom. The molecule has 3 heterocycles. The third kappa shape index (κ3) is 4.72. The third-order valence-corrected chi connectivity index (χ3v) is 7.52. The van der Waals surface area contributed by atoms with E-state index in [-0.39, 0.29) is 17.1 Å². The zero-order valence-corrected chi connectivity index (χ0v) is 22.7. The molecular weight excluding hydrogens is 556 g/mol. The highest BCUT2D eigenvalue weighted by Crippen LogP contribution is 2.34. The molecule has 1 aliphatic heterocycles. The number of nitrogens with zero attached hydrogens (tertiary/aromatic N) is 2. The van der Waals surface area contributed by atoms with Crippen molar-refractivity contribution in [3.8, 4) is 22.8 Å². The van der Waals surface area contributed by atoms with Crippen LogP contribution in [0.1, 0.15) is 38.1 Å². The second kappa shape index (κ2) is 9.99. The van der Waals surface area contributed by atoms with E-state index < -0.39 is 6.04 Å². The van der Waals surface area contributed by atoms with Crippen molar-refractivity contribution in [2.24, 2.45) is 4.99 Å². The fourth-order valence-corrected chi connectivity index (χ4v) is 5.66. The standard InChI is InChI=1S/C28H23BrN2O5S/c1-4-35-23-13-17(5-10-20(23)33)14-24-27(34)31-26(25(16(3)32)15(2)30-28(31)37-24)22-12-11-21(36-22)18-6-8-19(29)9-7-18/h5-14,26,33H,4H2,1-3H3/b24-14+/t26-/m1/s1. The van der Waals surface area contributed by atoms with Gasteiger partial charge in [0.25, 0.3) is 5.56 Å². The molecule has 0 spiro atoms. The second-order valence-corrected chi connectivity index (χ2v) is 10.4. The molecule has 0 fully saturated rings. The lowest BCUT2D eigenvalue weighted by Crippen LogP contribution is -2.39. The number of fused-ring (bicyclic) bond motifs is 1. The van der Waals surface area contributed by atoms with Gasteiger partial charge in [-0.2, -0.15) is 0 Å². The van der Waals surface area contributed by atoms with Crippen LogP contribution in [0.15, 0.2) is 84.5 Å². The molecule has 188 valence electrons. The normalized spacial score (nSPS) is 15.5. The average molecular weight is 579 g/mol. The number of phenolic OH excluding ortho intramolecular Hbond substituents is 1. The van der Waals surface area contributed by atoms with Crippen molar-refractivity contribution in [2.45, 2.75) is 26.8 Å². The molecule has 0 saturated heterocycles. The fraction of sp³-hybridized carbons (Fsp3) is 0.179. The minimum Gasteiger partial charge on any atom is -0.504 e. The number of aromatic hydroxyl groups is 1. The Morgan fingerprint density at radius 2 is 1.97 bits per heavy atom. The van der Waals surface area contributed by atoms with Crippen molar-refractivity contribution in [1.29, 1.82) is 0 Å². The molecule has 4 aromatic rings. The Bertz CT molecular complexity index is 1730. The number of hydrogen-bond acceptors (Lipinski definition) is 7. The molecule has 0 saturated carbocycles. The smallest absolute Gasteiger partial charge is 0.271 e. The first-order valence-electron chi connectivity index (χ1n) is 11.6. The molecule has 0 aliphatic carbocycles. The number of rotatable bonds is 6. The molecule has 5 rings (SSSR count). The minimum atomic E-state index is -0.737. The average Bonchev–Trinajstić information content (AvgIpc) is 3.46. The minimum absolute atomic E-state index is 0.0292. The van der Waals surface area contributed by atoms with E-state index >= 15 is 0 Å². The monoisotopic (exact) mass is 578 g/mol. The van der Waals surface area contributed by atoms with E-state index in [0.29, 0.717) is 50.0 Å². The number of carbonyl (C=O) groups excluding carboxylic acids is 1. The molecule has 1 atom stereocenters. The highest BCUT2D eigenvalue weighted by molar-refractivity contribution is 9.10. The lowest BCUT2D eigenvalue weighted by molar-refractivity contribution is -0.114. The maximum Gasteiger partial charge on any atom is 0.271 e. The lowest BCUT2D eigenvalue weighted by atomic mass is 9.98. The van der Waals surface area contributed by atoms with Gasteiger partial charge in [-0.1, -0.05) is 45.5 Å². The van der Waals surface area contributed by atoms with E-state index in [4.69, 9.17) is 9.15 Å². The van der Waals surface area contributed by atoms with Crippen LogP contribution in [0.2, 0.25) is 0 Å². The predicted molar refractivity (Wildman–Crippen MR) is 146 cm³/mol. The third-order valence-electron chi connectivity index (χ3n) is 6.01. The van der Waals surface area contributed by atoms with Crippen molar-refractivity contribution in [1.82, 2.24) is 4.57 Å². The van der Waals surface area contributed by atoms with Gasteiger partial charge in [-0.25, -0.2) is 4.99 Å². The van der Waals surface area contributed by atoms with Crippen LogP contribution in [0.3, 0.4) is 0 Å². The van der Waals surface area contributed by atoms with Gasteiger partial charge in [0.2, 0.25) is 0 Å². The van der Waals surface area contributed by atoms with E-state index in [2.05, 4.69) is 20.9 Å². The number of aromatic nitrogens is 1. The summed E-state index contributed by atoms with van der Waals surface area (Å²) in [6.07, 6.45) is 1.73. The van der Waals surface area contributed by atoms with Gasteiger partial charge < -0.3 is 14.3 Å². The summed E-state index contributed by atoms with van der Waals surface area (Å²) >= 11 is 4.67. The predicted octanol–water partition coefficient (Wildman–Crippen LogP) is 4.95. The maximum atomic E-state index is 13.7. The highest BCUT2D eigenvalue weighted by atomic mass is 79.9. The molecule has 0 bridgehead atoms.